The van der Waals surface area contributed by atoms with Crippen molar-refractivity contribution in [1.82, 2.24) is 14.3 Å². The molecule has 1 aromatic carbocycles. The number of nitrogens with zero attached hydrogens (tertiary/aromatic N) is 3. The highest BCUT2D eigenvalue weighted by atomic mass is 32.2. The molecule has 1 fully saturated rings. The number of rotatable bonds is 5. The van der Waals surface area contributed by atoms with Crippen molar-refractivity contribution in [2.75, 3.05) is 18.8 Å². The molecule has 3 aromatic rings. The summed E-state index contributed by atoms with van der Waals surface area (Å²) in [6.07, 6.45) is 7.10. The number of carbonyl (C=O) groups excluding carboxylic acids is 1. The Morgan fingerprint density at radius 3 is 2.81 bits per heavy atom. The number of pyridine rings is 1. The zero-order chi connectivity index (χ0) is 18.1. The highest BCUT2D eigenvalue weighted by Gasteiger charge is 2.29. The number of fused-ring (bicyclic) bond motifs is 1. The summed E-state index contributed by atoms with van der Waals surface area (Å²) >= 11 is 1.80. The zero-order valence-electron chi connectivity index (χ0n) is 14.2. The van der Waals surface area contributed by atoms with Crippen molar-refractivity contribution in [3.05, 3.63) is 61.7 Å². The minimum absolute atomic E-state index is 0.0127. The summed E-state index contributed by atoms with van der Waals surface area (Å²) in [5.74, 6) is 1.74. The van der Waals surface area contributed by atoms with Gasteiger partial charge in [0.1, 0.15) is 5.75 Å². The Morgan fingerprint density at radius 2 is 2.08 bits per heavy atom. The van der Waals surface area contributed by atoms with Crippen molar-refractivity contribution in [2.24, 2.45) is 5.92 Å². The zero-order valence-corrected chi connectivity index (χ0v) is 15.0. The monoisotopic (exact) mass is 365 g/mol. The fraction of sp³-hybridized carbons (Fsp3) is 0.200. The van der Waals surface area contributed by atoms with Crippen LogP contribution in [0.5, 0.6) is 5.75 Å². The number of benzene rings is 1. The quantitative estimate of drug-likeness (QED) is 0.556. The molecule has 0 radical (unpaired) electrons. The number of phenolic OH excluding ortho intramolecular Hbond substituents is 1. The van der Waals surface area contributed by atoms with Gasteiger partial charge in [-0.2, -0.15) is 0 Å². The SMILES string of the molecule is C=CC(=O)N1CC(CSc2cc(-c3ccc(O)cc3)cn3cncc23)C1. The van der Waals surface area contributed by atoms with Gasteiger partial charge in [-0.3, -0.25) is 4.79 Å². The summed E-state index contributed by atoms with van der Waals surface area (Å²) in [6.45, 7) is 5.13. The van der Waals surface area contributed by atoms with Gasteiger partial charge in [-0.25, -0.2) is 4.98 Å². The molecule has 6 heteroatoms. The van der Waals surface area contributed by atoms with Gasteiger partial charge in [0.2, 0.25) is 5.91 Å². The van der Waals surface area contributed by atoms with Crippen LogP contribution in [0.4, 0.5) is 0 Å². The molecule has 4 rings (SSSR count). The van der Waals surface area contributed by atoms with E-state index in [0.29, 0.717) is 5.92 Å². The van der Waals surface area contributed by atoms with E-state index in [1.807, 2.05) is 33.8 Å². The Morgan fingerprint density at radius 1 is 1.31 bits per heavy atom. The molecule has 1 saturated heterocycles. The molecule has 0 bridgehead atoms. The fourth-order valence-corrected chi connectivity index (χ4v) is 4.26. The van der Waals surface area contributed by atoms with Crippen LogP contribution >= 0.6 is 11.8 Å². The van der Waals surface area contributed by atoms with Gasteiger partial charge in [-0.1, -0.05) is 18.7 Å². The van der Waals surface area contributed by atoms with E-state index >= 15 is 0 Å². The van der Waals surface area contributed by atoms with Gasteiger partial charge in [0, 0.05) is 35.9 Å². The Hall–Kier alpha value is -2.73. The van der Waals surface area contributed by atoms with E-state index in [2.05, 4.69) is 17.6 Å². The Bertz CT molecular complexity index is 959. The van der Waals surface area contributed by atoms with Gasteiger partial charge in [0.25, 0.3) is 0 Å². The van der Waals surface area contributed by atoms with Crippen molar-refractivity contribution in [2.45, 2.75) is 4.90 Å². The lowest BCUT2D eigenvalue weighted by Gasteiger charge is -2.38. The van der Waals surface area contributed by atoms with Crippen molar-refractivity contribution >= 4 is 23.2 Å². The highest BCUT2D eigenvalue weighted by molar-refractivity contribution is 7.99. The summed E-state index contributed by atoms with van der Waals surface area (Å²) in [6, 6.07) is 9.37. The molecule has 3 heterocycles. The van der Waals surface area contributed by atoms with Gasteiger partial charge in [0.05, 0.1) is 18.0 Å². The Labute approximate surface area is 156 Å². The molecule has 0 spiro atoms. The molecular formula is C20H19N3O2S. The van der Waals surface area contributed by atoms with E-state index in [-0.39, 0.29) is 11.7 Å². The molecule has 1 aliphatic heterocycles. The maximum atomic E-state index is 11.6. The summed E-state index contributed by atoms with van der Waals surface area (Å²) in [5.41, 5.74) is 3.21. The standard InChI is InChI=1S/C20H19N3O2S/c1-2-20(25)22-9-14(10-22)12-26-19-7-16(11-23-13-21-8-18(19)23)15-3-5-17(24)6-4-15/h2-8,11,13-14,24H,1,9-10,12H2. The van der Waals surface area contributed by atoms with E-state index in [1.165, 1.54) is 11.0 Å². The summed E-state index contributed by atoms with van der Waals surface area (Å²) in [5, 5.41) is 9.50. The third kappa shape index (κ3) is 3.20. The third-order valence-corrected chi connectivity index (χ3v) is 5.88. The summed E-state index contributed by atoms with van der Waals surface area (Å²) < 4.78 is 2.03. The second kappa shape index (κ2) is 6.88. The average Bonchev–Trinajstić information content (AvgIpc) is 3.09. The van der Waals surface area contributed by atoms with Gasteiger partial charge in [0.15, 0.2) is 0 Å². The van der Waals surface area contributed by atoms with Crippen LogP contribution in [-0.4, -0.2) is 44.1 Å². The maximum absolute atomic E-state index is 11.6. The average molecular weight is 365 g/mol. The second-order valence-electron chi connectivity index (χ2n) is 6.45. The number of aromatic nitrogens is 2. The van der Waals surface area contributed by atoms with Crippen LogP contribution in [0.15, 0.2) is 66.6 Å². The van der Waals surface area contributed by atoms with Crippen LogP contribution in [0.1, 0.15) is 0 Å². The molecule has 0 saturated carbocycles. The molecule has 1 N–H and O–H groups in total. The number of thioether (sulfide) groups is 1. The normalized spacial score (nSPS) is 14.4. The maximum Gasteiger partial charge on any atom is 0.245 e. The largest absolute Gasteiger partial charge is 0.508 e. The van der Waals surface area contributed by atoms with Crippen LogP contribution in [0, 0.1) is 5.92 Å². The van der Waals surface area contributed by atoms with Crippen molar-refractivity contribution in [1.29, 1.82) is 0 Å². The molecule has 132 valence electrons. The smallest absolute Gasteiger partial charge is 0.245 e. The van der Waals surface area contributed by atoms with E-state index < -0.39 is 0 Å². The predicted molar refractivity (Wildman–Crippen MR) is 103 cm³/mol. The first-order chi connectivity index (χ1) is 12.6. The Balaban J connectivity index is 1.53. The number of likely N-dealkylation sites (tertiary alicyclic amines) is 1. The van der Waals surface area contributed by atoms with Crippen LogP contribution in [0.25, 0.3) is 16.6 Å². The van der Waals surface area contributed by atoms with Crippen molar-refractivity contribution in [3.63, 3.8) is 0 Å². The second-order valence-corrected chi connectivity index (χ2v) is 7.51. The lowest BCUT2D eigenvalue weighted by atomic mass is 10.0. The van der Waals surface area contributed by atoms with E-state index in [1.54, 1.807) is 30.2 Å². The topological polar surface area (TPSA) is 57.8 Å². The fourth-order valence-electron chi connectivity index (χ4n) is 3.12. The minimum atomic E-state index is 0.0127. The first-order valence-corrected chi connectivity index (χ1v) is 9.42. The number of imidazole rings is 1. The lowest BCUT2D eigenvalue weighted by Crippen LogP contribution is -2.50. The van der Waals surface area contributed by atoms with Crippen LogP contribution in [-0.2, 0) is 4.79 Å². The van der Waals surface area contributed by atoms with E-state index in [9.17, 15) is 9.90 Å². The summed E-state index contributed by atoms with van der Waals surface area (Å²) in [4.78, 5) is 18.8. The van der Waals surface area contributed by atoms with Gasteiger partial charge < -0.3 is 14.4 Å². The molecule has 1 aliphatic rings. The van der Waals surface area contributed by atoms with Crippen LogP contribution < -0.4 is 0 Å². The van der Waals surface area contributed by atoms with Gasteiger partial charge in [-0.05, 0) is 35.4 Å². The molecule has 0 unspecified atom stereocenters. The molecular weight excluding hydrogens is 346 g/mol. The number of carbonyl (C=O) groups is 1. The van der Waals surface area contributed by atoms with E-state index in [0.717, 1.165) is 35.5 Å². The highest BCUT2D eigenvalue weighted by Crippen LogP contribution is 2.33. The Kier molecular flexibility index (Phi) is 4.42. The molecule has 2 aromatic heterocycles. The number of phenols is 1. The summed E-state index contributed by atoms with van der Waals surface area (Å²) in [7, 11) is 0. The molecule has 5 nitrogen and oxygen atoms in total. The first kappa shape index (κ1) is 16.7. The van der Waals surface area contributed by atoms with Gasteiger partial charge >= 0.3 is 0 Å². The molecule has 0 aliphatic carbocycles. The van der Waals surface area contributed by atoms with Crippen molar-refractivity contribution in [3.8, 4) is 16.9 Å². The first-order valence-electron chi connectivity index (χ1n) is 8.43. The van der Waals surface area contributed by atoms with E-state index in [4.69, 9.17) is 0 Å². The number of amides is 1. The number of aromatic hydroxyl groups is 1. The van der Waals surface area contributed by atoms with Crippen molar-refractivity contribution < 1.29 is 9.90 Å². The number of hydrogen-bond acceptors (Lipinski definition) is 4. The minimum Gasteiger partial charge on any atom is -0.508 e. The van der Waals surface area contributed by atoms with Crippen LogP contribution in [0.2, 0.25) is 0 Å². The molecule has 1 amide bonds. The van der Waals surface area contributed by atoms with Gasteiger partial charge in [-0.15, -0.1) is 11.8 Å². The van der Waals surface area contributed by atoms with Crippen LogP contribution in [0.3, 0.4) is 0 Å². The number of hydrogen-bond donors (Lipinski definition) is 1. The molecule has 0 atom stereocenters. The lowest BCUT2D eigenvalue weighted by molar-refractivity contribution is -0.131. The third-order valence-electron chi connectivity index (χ3n) is 4.60. The predicted octanol–water partition coefficient (Wildman–Crippen LogP) is 3.44. The molecule has 26 heavy (non-hydrogen) atoms.